The highest BCUT2D eigenvalue weighted by Crippen LogP contribution is 2.33. The third kappa shape index (κ3) is 2.93. The number of hydrogen-bond donors (Lipinski definition) is 2. The first-order valence-electron chi connectivity index (χ1n) is 7.48. The van der Waals surface area contributed by atoms with E-state index in [2.05, 4.69) is 15.2 Å². The third-order valence-corrected chi connectivity index (χ3v) is 4.17. The fourth-order valence-corrected chi connectivity index (χ4v) is 2.97. The van der Waals surface area contributed by atoms with Crippen LogP contribution in [0.1, 0.15) is 36.0 Å². The molecule has 0 bridgehead atoms. The molecule has 5 heteroatoms. The van der Waals surface area contributed by atoms with E-state index in [1.54, 1.807) is 18.3 Å². The number of nitrogens with one attached hydrogen (secondary N) is 1. The number of piperidine rings is 1. The predicted molar refractivity (Wildman–Crippen MR) is 78.7 cm³/mol. The van der Waals surface area contributed by atoms with Crippen LogP contribution >= 0.6 is 0 Å². The van der Waals surface area contributed by atoms with E-state index in [-0.39, 0.29) is 5.91 Å². The van der Waals surface area contributed by atoms with Gasteiger partial charge in [0.05, 0.1) is 5.56 Å². The molecule has 2 aliphatic rings. The summed E-state index contributed by atoms with van der Waals surface area (Å²) >= 11 is 0. The van der Waals surface area contributed by atoms with Gasteiger partial charge < -0.3 is 16.0 Å². The first-order valence-corrected chi connectivity index (χ1v) is 7.48. The van der Waals surface area contributed by atoms with E-state index in [0.717, 1.165) is 25.5 Å². The third-order valence-electron chi connectivity index (χ3n) is 4.17. The standard InChI is InChI=1S/C15H22N4O/c16-14(20)13-4-2-8-18-15(13)19(12-5-6-12)10-11-3-1-7-17-9-11/h2,4,8,11-12,17H,1,3,5-7,9-10H2,(H2,16,20). The van der Waals surface area contributed by atoms with Crippen LogP contribution in [0, 0.1) is 5.92 Å². The number of nitrogens with two attached hydrogens (primary N) is 1. The maximum absolute atomic E-state index is 11.6. The van der Waals surface area contributed by atoms with Crippen molar-refractivity contribution >= 4 is 11.7 Å². The molecule has 1 unspecified atom stereocenters. The van der Waals surface area contributed by atoms with Crippen molar-refractivity contribution in [3.63, 3.8) is 0 Å². The second-order valence-electron chi connectivity index (χ2n) is 5.83. The minimum absolute atomic E-state index is 0.388. The topological polar surface area (TPSA) is 71.2 Å². The molecule has 0 spiro atoms. The van der Waals surface area contributed by atoms with Crippen LogP contribution < -0.4 is 16.0 Å². The van der Waals surface area contributed by atoms with Gasteiger partial charge >= 0.3 is 0 Å². The summed E-state index contributed by atoms with van der Waals surface area (Å²) in [6.07, 6.45) is 6.60. The van der Waals surface area contributed by atoms with Crippen LogP contribution in [0.2, 0.25) is 0 Å². The number of anilines is 1. The molecule has 3 N–H and O–H groups in total. The lowest BCUT2D eigenvalue weighted by Crippen LogP contribution is -2.40. The number of carbonyl (C=O) groups excluding carboxylic acids is 1. The molecule has 0 aromatic carbocycles. The fourth-order valence-electron chi connectivity index (χ4n) is 2.97. The Morgan fingerprint density at radius 2 is 2.30 bits per heavy atom. The Balaban J connectivity index is 1.81. The smallest absolute Gasteiger partial charge is 0.252 e. The van der Waals surface area contributed by atoms with Crippen LogP contribution in [0.25, 0.3) is 0 Å². The quantitative estimate of drug-likeness (QED) is 0.845. The molecular formula is C15H22N4O. The summed E-state index contributed by atoms with van der Waals surface area (Å²) < 4.78 is 0. The first-order chi connectivity index (χ1) is 9.75. The minimum atomic E-state index is -0.388. The molecule has 2 fully saturated rings. The van der Waals surface area contributed by atoms with Crippen molar-refractivity contribution < 1.29 is 4.79 Å². The molecule has 1 aliphatic heterocycles. The summed E-state index contributed by atoms with van der Waals surface area (Å²) in [6.45, 7) is 3.15. The highest BCUT2D eigenvalue weighted by atomic mass is 16.1. The van der Waals surface area contributed by atoms with Gasteiger partial charge in [-0.25, -0.2) is 4.98 Å². The second-order valence-corrected chi connectivity index (χ2v) is 5.83. The molecule has 3 rings (SSSR count). The van der Waals surface area contributed by atoms with Gasteiger partial charge in [0.15, 0.2) is 0 Å². The fraction of sp³-hybridized carbons (Fsp3) is 0.600. The Labute approximate surface area is 119 Å². The van der Waals surface area contributed by atoms with Crippen molar-refractivity contribution in [3.8, 4) is 0 Å². The molecule has 1 aromatic heterocycles. The molecule has 20 heavy (non-hydrogen) atoms. The van der Waals surface area contributed by atoms with Gasteiger partial charge in [-0.2, -0.15) is 0 Å². The van der Waals surface area contributed by atoms with Crippen molar-refractivity contribution in [1.29, 1.82) is 0 Å². The van der Waals surface area contributed by atoms with Crippen LogP contribution in [0.3, 0.4) is 0 Å². The largest absolute Gasteiger partial charge is 0.365 e. The van der Waals surface area contributed by atoms with Gasteiger partial charge in [-0.3, -0.25) is 4.79 Å². The summed E-state index contributed by atoms with van der Waals surface area (Å²) in [5, 5.41) is 3.45. The molecular weight excluding hydrogens is 252 g/mol. The number of aromatic nitrogens is 1. The maximum atomic E-state index is 11.6. The summed E-state index contributed by atoms with van der Waals surface area (Å²) in [5.74, 6) is 1.01. The number of carbonyl (C=O) groups is 1. The summed E-state index contributed by atoms with van der Waals surface area (Å²) in [4.78, 5) is 18.3. The highest BCUT2D eigenvalue weighted by molar-refractivity contribution is 5.97. The summed E-state index contributed by atoms with van der Waals surface area (Å²) in [7, 11) is 0. The molecule has 1 aliphatic carbocycles. The molecule has 1 aromatic rings. The van der Waals surface area contributed by atoms with Crippen LogP contribution in [0.4, 0.5) is 5.82 Å². The number of nitrogens with zero attached hydrogens (tertiary/aromatic N) is 2. The molecule has 2 heterocycles. The zero-order valence-electron chi connectivity index (χ0n) is 11.7. The average molecular weight is 274 g/mol. The van der Waals surface area contributed by atoms with Crippen molar-refractivity contribution in [2.45, 2.75) is 31.7 Å². The number of rotatable bonds is 5. The van der Waals surface area contributed by atoms with Crippen LogP contribution in [0.15, 0.2) is 18.3 Å². The number of primary amides is 1. The van der Waals surface area contributed by atoms with Crippen molar-refractivity contribution in [1.82, 2.24) is 10.3 Å². The lowest BCUT2D eigenvalue weighted by molar-refractivity contribution is 0.100. The van der Waals surface area contributed by atoms with E-state index in [1.165, 1.54) is 25.7 Å². The molecule has 1 atom stereocenters. The SMILES string of the molecule is NC(=O)c1cccnc1N(CC1CCCNC1)C1CC1. The second kappa shape index (κ2) is 5.79. The van der Waals surface area contributed by atoms with Gasteiger partial charge in [-0.1, -0.05) is 0 Å². The Morgan fingerprint density at radius 1 is 1.45 bits per heavy atom. The van der Waals surface area contributed by atoms with Gasteiger partial charge in [0.25, 0.3) is 5.91 Å². The molecule has 5 nitrogen and oxygen atoms in total. The van der Waals surface area contributed by atoms with E-state index >= 15 is 0 Å². The Hall–Kier alpha value is -1.62. The number of amides is 1. The summed E-state index contributed by atoms with van der Waals surface area (Å²) in [5.41, 5.74) is 6.03. The van der Waals surface area contributed by atoms with E-state index in [4.69, 9.17) is 5.73 Å². The number of hydrogen-bond acceptors (Lipinski definition) is 4. The van der Waals surface area contributed by atoms with Crippen LogP contribution in [-0.4, -0.2) is 36.6 Å². The van der Waals surface area contributed by atoms with Crippen molar-refractivity contribution in [2.75, 3.05) is 24.5 Å². The monoisotopic (exact) mass is 274 g/mol. The van der Waals surface area contributed by atoms with Gasteiger partial charge in [-0.15, -0.1) is 0 Å². The molecule has 1 saturated carbocycles. The molecule has 0 radical (unpaired) electrons. The van der Waals surface area contributed by atoms with Crippen molar-refractivity contribution in [2.24, 2.45) is 11.7 Å². The van der Waals surface area contributed by atoms with Crippen LogP contribution in [0.5, 0.6) is 0 Å². The van der Waals surface area contributed by atoms with E-state index in [0.29, 0.717) is 17.5 Å². The Bertz CT molecular complexity index is 481. The van der Waals surface area contributed by atoms with Gasteiger partial charge in [0, 0.05) is 18.8 Å². The van der Waals surface area contributed by atoms with Gasteiger partial charge in [0.1, 0.15) is 5.82 Å². The first kappa shape index (κ1) is 13.4. The van der Waals surface area contributed by atoms with Gasteiger partial charge in [-0.05, 0) is 56.8 Å². The lowest BCUT2D eigenvalue weighted by Gasteiger charge is -2.31. The lowest BCUT2D eigenvalue weighted by atomic mass is 9.98. The van der Waals surface area contributed by atoms with Gasteiger partial charge in [0.2, 0.25) is 0 Å². The zero-order chi connectivity index (χ0) is 13.9. The van der Waals surface area contributed by atoms with E-state index in [9.17, 15) is 4.79 Å². The molecule has 1 amide bonds. The Kier molecular flexibility index (Phi) is 3.87. The highest BCUT2D eigenvalue weighted by Gasteiger charge is 2.33. The Morgan fingerprint density at radius 3 is 2.95 bits per heavy atom. The van der Waals surface area contributed by atoms with E-state index in [1.807, 2.05) is 0 Å². The maximum Gasteiger partial charge on any atom is 0.252 e. The van der Waals surface area contributed by atoms with Crippen LogP contribution in [-0.2, 0) is 0 Å². The molecule has 108 valence electrons. The van der Waals surface area contributed by atoms with E-state index < -0.39 is 0 Å². The molecule has 1 saturated heterocycles. The number of pyridine rings is 1. The average Bonchev–Trinajstić information content (AvgIpc) is 3.30. The normalized spacial score (nSPS) is 22.5. The van der Waals surface area contributed by atoms with Crippen molar-refractivity contribution in [3.05, 3.63) is 23.9 Å². The minimum Gasteiger partial charge on any atom is -0.365 e. The predicted octanol–water partition coefficient (Wildman–Crippen LogP) is 1.15. The summed E-state index contributed by atoms with van der Waals surface area (Å²) in [6, 6.07) is 4.08. The zero-order valence-corrected chi connectivity index (χ0v) is 11.7.